The molecule has 0 saturated carbocycles. The molecule has 0 aliphatic rings. The number of rotatable bonds is 4. The zero-order valence-electron chi connectivity index (χ0n) is 9.38. The monoisotopic (exact) mass is 250 g/mol. The van der Waals surface area contributed by atoms with Gasteiger partial charge in [-0.1, -0.05) is 0 Å². The van der Waals surface area contributed by atoms with Gasteiger partial charge in [0.1, 0.15) is 0 Å². The number of H-pyrrole nitrogens is 1. The number of nitrogen functional groups attached to an aromatic ring is 1. The van der Waals surface area contributed by atoms with Gasteiger partial charge in [-0.15, -0.1) is 5.10 Å². The summed E-state index contributed by atoms with van der Waals surface area (Å²) in [7, 11) is 0. The fourth-order valence-electron chi connectivity index (χ4n) is 1.28. The lowest BCUT2D eigenvalue weighted by atomic mass is 10.4. The van der Waals surface area contributed by atoms with Crippen molar-refractivity contribution >= 4 is 11.5 Å². The molecule has 94 valence electrons. The van der Waals surface area contributed by atoms with Gasteiger partial charge in [0.15, 0.2) is 5.82 Å². The molecule has 18 heavy (non-hydrogen) atoms. The standard InChI is InChI=1S/C9H10N6O3/c1-5-2-9(14-13-5)18-8-4-6(15(16)17)3-7(11-8)12-10/h2-4H,10H2,1H3,(H,11,12)(H,13,14). The van der Waals surface area contributed by atoms with Crippen LogP contribution >= 0.6 is 0 Å². The number of nitrogens with two attached hydrogens (primary N) is 1. The summed E-state index contributed by atoms with van der Waals surface area (Å²) in [6.07, 6.45) is 0. The first-order valence-corrected chi connectivity index (χ1v) is 4.91. The van der Waals surface area contributed by atoms with E-state index >= 15 is 0 Å². The van der Waals surface area contributed by atoms with E-state index in [1.807, 2.05) is 0 Å². The highest BCUT2D eigenvalue weighted by molar-refractivity contribution is 5.48. The molecule has 9 heteroatoms. The molecule has 0 fully saturated rings. The van der Waals surface area contributed by atoms with Crippen molar-refractivity contribution in [3.8, 4) is 11.8 Å². The molecule has 0 atom stereocenters. The maximum atomic E-state index is 10.7. The van der Waals surface area contributed by atoms with Crippen LogP contribution in [0, 0.1) is 17.0 Å². The minimum Gasteiger partial charge on any atom is -0.419 e. The van der Waals surface area contributed by atoms with Crippen LogP contribution in [0.1, 0.15) is 5.69 Å². The Kier molecular flexibility index (Phi) is 3.06. The molecule has 0 radical (unpaired) electrons. The van der Waals surface area contributed by atoms with Crippen molar-refractivity contribution in [3.05, 3.63) is 34.0 Å². The SMILES string of the molecule is Cc1cc(Oc2cc([N+](=O)[O-])cc(NN)n2)n[nH]1. The minimum absolute atomic E-state index is 0.0312. The number of aromatic amines is 1. The molecule has 0 unspecified atom stereocenters. The summed E-state index contributed by atoms with van der Waals surface area (Å²) in [6, 6.07) is 4.02. The van der Waals surface area contributed by atoms with E-state index in [1.54, 1.807) is 13.0 Å². The van der Waals surface area contributed by atoms with Crippen LogP contribution in [0.2, 0.25) is 0 Å². The van der Waals surface area contributed by atoms with Crippen LogP contribution in [-0.2, 0) is 0 Å². The van der Waals surface area contributed by atoms with E-state index < -0.39 is 4.92 Å². The quantitative estimate of drug-likeness (QED) is 0.420. The number of nitro groups is 1. The van der Waals surface area contributed by atoms with Gasteiger partial charge in [-0.25, -0.2) is 5.84 Å². The number of nitrogens with zero attached hydrogens (tertiary/aromatic N) is 3. The molecule has 2 aromatic heterocycles. The predicted octanol–water partition coefficient (Wildman–Crippen LogP) is 1.10. The Balaban J connectivity index is 2.32. The molecular weight excluding hydrogens is 240 g/mol. The first kappa shape index (κ1) is 11.8. The zero-order chi connectivity index (χ0) is 13.1. The summed E-state index contributed by atoms with van der Waals surface area (Å²) in [6.45, 7) is 1.80. The fraction of sp³-hybridized carbons (Fsp3) is 0.111. The Morgan fingerprint density at radius 3 is 2.78 bits per heavy atom. The van der Waals surface area contributed by atoms with Gasteiger partial charge in [0.25, 0.3) is 5.69 Å². The van der Waals surface area contributed by atoms with E-state index in [4.69, 9.17) is 10.6 Å². The summed E-state index contributed by atoms with van der Waals surface area (Å²) < 4.78 is 5.28. The van der Waals surface area contributed by atoms with Crippen LogP contribution in [0.5, 0.6) is 11.8 Å². The van der Waals surface area contributed by atoms with Gasteiger partial charge in [0, 0.05) is 11.8 Å². The third-order valence-electron chi connectivity index (χ3n) is 2.04. The molecule has 0 bridgehead atoms. The summed E-state index contributed by atoms with van der Waals surface area (Å²) in [5.41, 5.74) is 2.85. The summed E-state index contributed by atoms with van der Waals surface area (Å²) in [4.78, 5) is 14.1. The second-order valence-corrected chi connectivity index (χ2v) is 3.44. The van der Waals surface area contributed by atoms with Gasteiger partial charge >= 0.3 is 0 Å². The third-order valence-corrected chi connectivity index (χ3v) is 2.04. The van der Waals surface area contributed by atoms with Crippen molar-refractivity contribution in [1.29, 1.82) is 0 Å². The highest BCUT2D eigenvalue weighted by Crippen LogP contribution is 2.25. The fourth-order valence-corrected chi connectivity index (χ4v) is 1.28. The smallest absolute Gasteiger partial charge is 0.278 e. The van der Waals surface area contributed by atoms with Gasteiger partial charge in [0.05, 0.1) is 17.1 Å². The Morgan fingerprint density at radius 1 is 1.44 bits per heavy atom. The number of nitrogens with one attached hydrogen (secondary N) is 2. The molecule has 4 N–H and O–H groups in total. The average Bonchev–Trinajstić information content (AvgIpc) is 2.74. The third kappa shape index (κ3) is 2.52. The molecule has 0 amide bonds. The van der Waals surface area contributed by atoms with Gasteiger partial charge in [-0.3, -0.25) is 15.2 Å². The number of hydrazine groups is 1. The van der Waals surface area contributed by atoms with Crippen molar-refractivity contribution in [2.24, 2.45) is 5.84 Å². The molecule has 2 aromatic rings. The predicted molar refractivity (Wildman–Crippen MR) is 62.1 cm³/mol. The van der Waals surface area contributed by atoms with Gasteiger partial charge < -0.3 is 10.2 Å². The lowest BCUT2D eigenvalue weighted by molar-refractivity contribution is -0.384. The van der Waals surface area contributed by atoms with Crippen molar-refractivity contribution in [1.82, 2.24) is 15.2 Å². The Bertz CT molecular complexity index is 581. The largest absolute Gasteiger partial charge is 0.419 e. The lowest BCUT2D eigenvalue weighted by Gasteiger charge is -2.03. The van der Waals surface area contributed by atoms with Crippen molar-refractivity contribution in [2.45, 2.75) is 6.92 Å². The summed E-state index contributed by atoms with van der Waals surface area (Å²) in [5.74, 6) is 5.60. The van der Waals surface area contributed by atoms with E-state index in [1.165, 1.54) is 12.1 Å². The molecule has 2 rings (SSSR count). The molecule has 0 saturated heterocycles. The van der Waals surface area contributed by atoms with E-state index in [9.17, 15) is 10.1 Å². The molecule has 0 aliphatic carbocycles. The van der Waals surface area contributed by atoms with Gasteiger partial charge in [-0.05, 0) is 6.92 Å². The maximum Gasteiger partial charge on any atom is 0.278 e. The van der Waals surface area contributed by atoms with Crippen LogP contribution in [0.4, 0.5) is 11.5 Å². The highest BCUT2D eigenvalue weighted by Gasteiger charge is 2.13. The number of hydrogen-bond acceptors (Lipinski definition) is 7. The molecule has 0 spiro atoms. The Labute approximate surface area is 101 Å². The minimum atomic E-state index is -0.564. The normalized spacial score (nSPS) is 10.1. The van der Waals surface area contributed by atoms with E-state index in [0.717, 1.165) is 5.69 Å². The van der Waals surface area contributed by atoms with Crippen LogP contribution in [0.3, 0.4) is 0 Å². The van der Waals surface area contributed by atoms with Crippen molar-refractivity contribution in [3.63, 3.8) is 0 Å². The van der Waals surface area contributed by atoms with Gasteiger partial charge in [0.2, 0.25) is 11.8 Å². The van der Waals surface area contributed by atoms with E-state index in [-0.39, 0.29) is 23.3 Å². The average molecular weight is 250 g/mol. The molecule has 0 aliphatic heterocycles. The molecular formula is C9H10N6O3. The number of pyridine rings is 1. The summed E-state index contributed by atoms with van der Waals surface area (Å²) in [5, 5.41) is 17.2. The van der Waals surface area contributed by atoms with Gasteiger partial charge in [-0.2, -0.15) is 4.98 Å². The number of anilines is 1. The van der Waals surface area contributed by atoms with E-state index in [0.29, 0.717) is 0 Å². The van der Waals surface area contributed by atoms with Crippen molar-refractivity contribution in [2.75, 3.05) is 5.43 Å². The Morgan fingerprint density at radius 2 is 2.22 bits per heavy atom. The second-order valence-electron chi connectivity index (χ2n) is 3.44. The second kappa shape index (κ2) is 4.67. The lowest BCUT2D eigenvalue weighted by Crippen LogP contribution is -2.09. The number of hydrogen-bond donors (Lipinski definition) is 3. The van der Waals surface area contributed by atoms with Crippen molar-refractivity contribution < 1.29 is 9.66 Å². The first-order chi connectivity index (χ1) is 8.58. The number of aryl methyl sites for hydroxylation is 1. The van der Waals surface area contributed by atoms with Crippen LogP contribution in [0.15, 0.2) is 18.2 Å². The number of ether oxygens (including phenoxy) is 1. The zero-order valence-corrected chi connectivity index (χ0v) is 9.38. The molecule has 0 aromatic carbocycles. The first-order valence-electron chi connectivity index (χ1n) is 4.91. The Hall–Kier alpha value is -2.68. The topological polar surface area (TPSA) is 132 Å². The summed E-state index contributed by atoms with van der Waals surface area (Å²) >= 11 is 0. The molecule has 2 heterocycles. The number of aromatic nitrogens is 3. The maximum absolute atomic E-state index is 10.7. The van der Waals surface area contributed by atoms with E-state index in [2.05, 4.69) is 20.6 Å². The van der Waals surface area contributed by atoms with Crippen LogP contribution in [0.25, 0.3) is 0 Å². The van der Waals surface area contributed by atoms with Crippen LogP contribution in [-0.4, -0.2) is 20.1 Å². The highest BCUT2D eigenvalue weighted by atomic mass is 16.6. The molecule has 9 nitrogen and oxygen atoms in total. The van der Waals surface area contributed by atoms with Crippen LogP contribution < -0.4 is 16.0 Å².